The molecular formula is C12H16ClF2N. The second-order valence-electron chi connectivity index (χ2n) is 4.24. The molecule has 0 amide bonds. The molecule has 0 spiro atoms. The van der Waals surface area contributed by atoms with E-state index in [1.165, 1.54) is 6.07 Å². The van der Waals surface area contributed by atoms with Crippen molar-refractivity contribution in [2.75, 3.05) is 0 Å². The summed E-state index contributed by atoms with van der Waals surface area (Å²) in [7, 11) is 0. The van der Waals surface area contributed by atoms with Gasteiger partial charge in [-0.25, -0.2) is 8.78 Å². The highest BCUT2D eigenvalue weighted by Gasteiger charge is 2.25. The summed E-state index contributed by atoms with van der Waals surface area (Å²) in [5.41, 5.74) is 6.28. The molecule has 0 unspecified atom stereocenters. The van der Waals surface area contributed by atoms with E-state index in [1.54, 1.807) is 0 Å². The average Bonchev–Trinajstić information content (AvgIpc) is 2.74. The minimum absolute atomic E-state index is 0. The van der Waals surface area contributed by atoms with Gasteiger partial charge in [-0.2, -0.15) is 0 Å². The van der Waals surface area contributed by atoms with E-state index in [0.29, 0.717) is 11.5 Å². The molecule has 1 saturated carbocycles. The molecule has 4 heteroatoms. The first-order valence-electron chi connectivity index (χ1n) is 5.39. The van der Waals surface area contributed by atoms with Gasteiger partial charge in [0.05, 0.1) is 0 Å². The molecular weight excluding hydrogens is 232 g/mol. The molecule has 1 fully saturated rings. The fraction of sp³-hybridized carbons (Fsp3) is 0.500. The topological polar surface area (TPSA) is 26.0 Å². The van der Waals surface area contributed by atoms with Crippen molar-refractivity contribution in [2.24, 2.45) is 11.7 Å². The molecule has 1 nitrogen and oxygen atoms in total. The van der Waals surface area contributed by atoms with E-state index in [0.717, 1.165) is 37.8 Å². The van der Waals surface area contributed by atoms with Gasteiger partial charge >= 0.3 is 0 Å². The van der Waals surface area contributed by atoms with Crippen LogP contribution >= 0.6 is 12.4 Å². The minimum atomic E-state index is -0.417. The van der Waals surface area contributed by atoms with Crippen molar-refractivity contribution in [3.8, 4) is 0 Å². The standard InChI is InChI=1S/C12H15F2N.ClH/c13-9-5-6-11(14)10(7-9)12(15)8-3-1-2-4-8;/h5-8,12H,1-4,15H2;1H/t12-;/m1./s1. The fourth-order valence-electron chi connectivity index (χ4n) is 2.34. The molecule has 1 aromatic carbocycles. The van der Waals surface area contributed by atoms with Gasteiger partial charge in [0.25, 0.3) is 0 Å². The van der Waals surface area contributed by atoms with Gasteiger partial charge in [0, 0.05) is 11.6 Å². The Morgan fingerprint density at radius 2 is 1.81 bits per heavy atom. The number of hydrogen-bond acceptors (Lipinski definition) is 1. The number of rotatable bonds is 2. The Bertz CT molecular complexity index is 351. The van der Waals surface area contributed by atoms with Crippen LogP contribution < -0.4 is 5.73 Å². The summed E-state index contributed by atoms with van der Waals surface area (Å²) >= 11 is 0. The second-order valence-corrected chi connectivity index (χ2v) is 4.24. The Morgan fingerprint density at radius 1 is 1.19 bits per heavy atom. The predicted molar refractivity (Wildman–Crippen MR) is 62.5 cm³/mol. The van der Waals surface area contributed by atoms with Gasteiger partial charge in [-0.3, -0.25) is 0 Å². The highest BCUT2D eigenvalue weighted by atomic mass is 35.5. The van der Waals surface area contributed by atoms with Crippen molar-refractivity contribution in [1.82, 2.24) is 0 Å². The summed E-state index contributed by atoms with van der Waals surface area (Å²) in [4.78, 5) is 0. The third kappa shape index (κ3) is 2.71. The molecule has 2 rings (SSSR count). The van der Waals surface area contributed by atoms with E-state index in [1.807, 2.05) is 0 Å². The lowest BCUT2D eigenvalue weighted by Gasteiger charge is -2.19. The summed E-state index contributed by atoms with van der Waals surface area (Å²) in [6.45, 7) is 0. The molecule has 1 aromatic rings. The van der Waals surface area contributed by atoms with Gasteiger partial charge in [0.1, 0.15) is 11.6 Å². The van der Waals surface area contributed by atoms with E-state index in [-0.39, 0.29) is 18.4 Å². The molecule has 2 N–H and O–H groups in total. The van der Waals surface area contributed by atoms with Crippen molar-refractivity contribution in [1.29, 1.82) is 0 Å². The van der Waals surface area contributed by atoms with Crippen LogP contribution in [0, 0.1) is 17.6 Å². The molecule has 0 aromatic heterocycles. The van der Waals surface area contributed by atoms with Crippen LogP contribution in [0.4, 0.5) is 8.78 Å². The Hall–Kier alpha value is -0.670. The van der Waals surface area contributed by atoms with Crippen molar-refractivity contribution in [3.05, 3.63) is 35.4 Å². The van der Waals surface area contributed by atoms with Crippen molar-refractivity contribution >= 4 is 12.4 Å². The summed E-state index contributed by atoms with van der Waals surface area (Å²) in [5, 5.41) is 0. The van der Waals surface area contributed by atoms with E-state index in [2.05, 4.69) is 0 Å². The number of hydrogen-bond donors (Lipinski definition) is 1. The Kier molecular flexibility index (Phi) is 4.69. The molecule has 1 atom stereocenters. The van der Waals surface area contributed by atoms with Crippen molar-refractivity contribution in [3.63, 3.8) is 0 Å². The average molecular weight is 248 g/mol. The number of halogens is 3. The van der Waals surface area contributed by atoms with E-state index < -0.39 is 11.6 Å². The van der Waals surface area contributed by atoms with E-state index in [9.17, 15) is 8.78 Å². The molecule has 1 aliphatic rings. The van der Waals surface area contributed by atoms with Gasteiger partial charge in [-0.1, -0.05) is 12.8 Å². The minimum Gasteiger partial charge on any atom is -0.324 e. The normalized spacial score (nSPS) is 18.2. The predicted octanol–water partition coefficient (Wildman–Crippen LogP) is 3.58. The molecule has 1 aliphatic carbocycles. The van der Waals surface area contributed by atoms with E-state index >= 15 is 0 Å². The first-order valence-corrected chi connectivity index (χ1v) is 5.39. The summed E-state index contributed by atoms with van der Waals surface area (Å²) in [6.07, 6.45) is 4.35. The second kappa shape index (κ2) is 5.60. The Labute approximate surface area is 100 Å². The SMILES string of the molecule is Cl.N[C@@H](c1cc(F)ccc1F)C1CCCC1. The molecule has 90 valence electrons. The van der Waals surface area contributed by atoms with E-state index in [4.69, 9.17) is 5.73 Å². The highest BCUT2D eigenvalue weighted by Crippen LogP contribution is 2.35. The van der Waals surface area contributed by atoms with Gasteiger partial charge in [0.2, 0.25) is 0 Å². The molecule has 0 radical (unpaired) electrons. The maximum atomic E-state index is 13.4. The monoisotopic (exact) mass is 247 g/mol. The van der Waals surface area contributed by atoms with Crippen molar-refractivity contribution in [2.45, 2.75) is 31.7 Å². The van der Waals surface area contributed by atoms with Crippen LogP contribution in [0.5, 0.6) is 0 Å². The molecule has 0 bridgehead atoms. The molecule has 0 saturated heterocycles. The highest BCUT2D eigenvalue weighted by molar-refractivity contribution is 5.85. The van der Waals surface area contributed by atoms with Gasteiger partial charge in [-0.05, 0) is 37.0 Å². The lowest BCUT2D eigenvalue weighted by Crippen LogP contribution is -2.20. The molecule has 0 heterocycles. The first kappa shape index (κ1) is 13.4. The number of nitrogens with two attached hydrogens (primary N) is 1. The van der Waals surface area contributed by atoms with Crippen LogP contribution in [0.25, 0.3) is 0 Å². The molecule has 16 heavy (non-hydrogen) atoms. The van der Waals surface area contributed by atoms with Gasteiger partial charge in [0.15, 0.2) is 0 Å². The van der Waals surface area contributed by atoms with Crippen LogP contribution in [0.2, 0.25) is 0 Å². The van der Waals surface area contributed by atoms with Crippen LogP contribution in [0.3, 0.4) is 0 Å². The third-order valence-corrected chi connectivity index (χ3v) is 3.22. The quantitative estimate of drug-likeness (QED) is 0.850. The first-order chi connectivity index (χ1) is 7.18. The summed E-state index contributed by atoms with van der Waals surface area (Å²) in [6, 6.07) is 3.14. The maximum Gasteiger partial charge on any atom is 0.128 e. The van der Waals surface area contributed by atoms with Gasteiger partial charge < -0.3 is 5.73 Å². The van der Waals surface area contributed by atoms with Crippen molar-refractivity contribution < 1.29 is 8.78 Å². The largest absolute Gasteiger partial charge is 0.324 e. The lowest BCUT2D eigenvalue weighted by atomic mass is 9.92. The zero-order valence-electron chi connectivity index (χ0n) is 8.96. The van der Waals surface area contributed by atoms with Crippen LogP contribution in [0.15, 0.2) is 18.2 Å². The smallest absolute Gasteiger partial charge is 0.128 e. The zero-order chi connectivity index (χ0) is 10.8. The zero-order valence-corrected chi connectivity index (χ0v) is 9.77. The van der Waals surface area contributed by atoms with Crippen LogP contribution in [-0.4, -0.2) is 0 Å². The number of benzene rings is 1. The Morgan fingerprint density at radius 3 is 2.44 bits per heavy atom. The molecule has 0 aliphatic heterocycles. The Balaban J connectivity index is 0.00000128. The van der Waals surface area contributed by atoms with Crippen LogP contribution in [-0.2, 0) is 0 Å². The van der Waals surface area contributed by atoms with Gasteiger partial charge in [-0.15, -0.1) is 12.4 Å². The lowest BCUT2D eigenvalue weighted by molar-refractivity contribution is 0.426. The maximum absolute atomic E-state index is 13.4. The third-order valence-electron chi connectivity index (χ3n) is 3.22. The summed E-state index contributed by atoms with van der Waals surface area (Å²) < 4.78 is 26.4. The summed E-state index contributed by atoms with van der Waals surface area (Å²) in [5.74, 6) is -0.503. The van der Waals surface area contributed by atoms with Crippen LogP contribution in [0.1, 0.15) is 37.3 Å². The fourth-order valence-corrected chi connectivity index (χ4v) is 2.34.